The number of benzene rings is 1. The van der Waals surface area contributed by atoms with E-state index >= 15 is 0 Å². The van der Waals surface area contributed by atoms with Gasteiger partial charge in [0.1, 0.15) is 0 Å². The average Bonchev–Trinajstić information content (AvgIpc) is 2.98. The first-order valence-electron chi connectivity index (χ1n) is 7.14. The number of amides is 2. The fraction of sp³-hybridized carbons (Fsp3) is 0.312. The topological polar surface area (TPSA) is 62.3 Å². The van der Waals surface area contributed by atoms with E-state index in [-0.39, 0.29) is 11.8 Å². The molecular formula is C16H16ClN3O2S. The molecule has 0 unspecified atom stereocenters. The normalized spacial score (nSPS) is 14.3. The van der Waals surface area contributed by atoms with Gasteiger partial charge in [0.2, 0.25) is 0 Å². The van der Waals surface area contributed by atoms with Gasteiger partial charge in [0.15, 0.2) is 4.47 Å². The molecule has 1 N–H and O–H groups in total. The minimum atomic E-state index is -0.542. The first-order valence-corrected chi connectivity index (χ1v) is 8.34. The van der Waals surface area contributed by atoms with Crippen molar-refractivity contribution in [1.29, 1.82) is 0 Å². The smallest absolute Gasteiger partial charge is 0.262 e. The minimum absolute atomic E-state index is 0.238. The molecule has 1 aromatic heterocycles. The van der Waals surface area contributed by atoms with Crippen LogP contribution in [0.5, 0.6) is 0 Å². The molecule has 5 nitrogen and oxygen atoms in total. The van der Waals surface area contributed by atoms with Gasteiger partial charge in [0.05, 0.1) is 17.7 Å². The van der Waals surface area contributed by atoms with Crippen LogP contribution in [0.1, 0.15) is 46.4 Å². The average molecular weight is 350 g/mol. The summed E-state index contributed by atoms with van der Waals surface area (Å²) in [5.74, 6) is -0.486. The highest BCUT2D eigenvalue weighted by Gasteiger charge is 2.41. The summed E-state index contributed by atoms with van der Waals surface area (Å²) in [4.78, 5) is 31.2. The summed E-state index contributed by atoms with van der Waals surface area (Å²) in [7, 11) is 0. The van der Waals surface area contributed by atoms with Crippen LogP contribution < -0.4 is 5.32 Å². The zero-order valence-corrected chi connectivity index (χ0v) is 14.6. The van der Waals surface area contributed by atoms with Crippen molar-refractivity contribution in [2.24, 2.45) is 0 Å². The largest absolute Gasteiger partial charge is 0.380 e. The van der Waals surface area contributed by atoms with E-state index in [0.717, 1.165) is 10.6 Å². The predicted molar refractivity (Wildman–Crippen MR) is 91.1 cm³/mol. The lowest BCUT2D eigenvalue weighted by molar-refractivity contribution is 0.0508. The summed E-state index contributed by atoms with van der Waals surface area (Å²) in [6.45, 7) is 6.11. The Bertz CT molecular complexity index is 795. The first kappa shape index (κ1) is 16.0. The molecule has 3 rings (SSSR count). The maximum Gasteiger partial charge on any atom is 0.262 e. The van der Waals surface area contributed by atoms with Gasteiger partial charge in [0.25, 0.3) is 11.8 Å². The second kappa shape index (κ2) is 5.62. The van der Waals surface area contributed by atoms with E-state index in [1.165, 1.54) is 16.2 Å². The molecule has 0 saturated heterocycles. The van der Waals surface area contributed by atoms with Crippen LogP contribution in [-0.2, 0) is 6.54 Å². The van der Waals surface area contributed by atoms with Gasteiger partial charge in [0, 0.05) is 22.3 Å². The van der Waals surface area contributed by atoms with E-state index in [4.69, 9.17) is 11.6 Å². The van der Waals surface area contributed by atoms with E-state index < -0.39 is 5.54 Å². The second-order valence-corrected chi connectivity index (χ2v) is 8.01. The molecule has 0 atom stereocenters. The number of imide groups is 1. The number of carbonyl (C=O) groups excluding carboxylic acids is 2. The molecule has 2 amide bonds. The number of carbonyl (C=O) groups is 2. The van der Waals surface area contributed by atoms with Crippen molar-refractivity contribution in [3.8, 4) is 0 Å². The number of halogens is 1. The number of thiazole rings is 1. The zero-order chi connectivity index (χ0) is 16.8. The van der Waals surface area contributed by atoms with Gasteiger partial charge < -0.3 is 5.32 Å². The van der Waals surface area contributed by atoms with Gasteiger partial charge in [-0.25, -0.2) is 4.98 Å². The van der Waals surface area contributed by atoms with Crippen molar-refractivity contribution in [1.82, 2.24) is 9.88 Å². The number of nitrogens with one attached hydrogen (secondary N) is 1. The second-order valence-electron chi connectivity index (χ2n) is 6.31. The Morgan fingerprint density at radius 2 is 1.91 bits per heavy atom. The fourth-order valence-corrected chi connectivity index (χ4v) is 3.43. The number of nitrogens with zero attached hydrogens (tertiary/aromatic N) is 2. The van der Waals surface area contributed by atoms with Crippen LogP contribution in [0.4, 0.5) is 5.69 Å². The monoisotopic (exact) mass is 349 g/mol. The lowest BCUT2D eigenvalue weighted by atomic mass is 10.1. The van der Waals surface area contributed by atoms with Gasteiger partial charge in [-0.3, -0.25) is 14.5 Å². The molecule has 120 valence electrons. The van der Waals surface area contributed by atoms with Gasteiger partial charge in [-0.1, -0.05) is 11.6 Å². The van der Waals surface area contributed by atoms with Crippen LogP contribution in [0.25, 0.3) is 0 Å². The van der Waals surface area contributed by atoms with Crippen LogP contribution in [0, 0.1) is 0 Å². The highest BCUT2D eigenvalue weighted by atomic mass is 35.5. The van der Waals surface area contributed by atoms with Crippen molar-refractivity contribution in [2.75, 3.05) is 5.32 Å². The summed E-state index contributed by atoms with van der Waals surface area (Å²) in [6, 6.07) is 5.23. The van der Waals surface area contributed by atoms with Gasteiger partial charge in [-0.2, -0.15) is 0 Å². The Morgan fingerprint density at radius 3 is 2.52 bits per heavy atom. The van der Waals surface area contributed by atoms with Crippen LogP contribution >= 0.6 is 22.9 Å². The number of anilines is 1. The summed E-state index contributed by atoms with van der Waals surface area (Å²) in [6.07, 6.45) is 1.71. The maximum absolute atomic E-state index is 12.5. The number of hydrogen-bond acceptors (Lipinski definition) is 5. The van der Waals surface area contributed by atoms with Crippen molar-refractivity contribution in [3.05, 3.63) is 44.9 Å². The van der Waals surface area contributed by atoms with Crippen LogP contribution in [-0.4, -0.2) is 27.2 Å². The van der Waals surface area contributed by atoms with Gasteiger partial charge in [-0.15, -0.1) is 11.3 Å². The fourth-order valence-electron chi connectivity index (χ4n) is 2.51. The first-order chi connectivity index (χ1) is 10.8. The molecule has 1 aliphatic heterocycles. The Balaban J connectivity index is 1.83. The van der Waals surface area contributed by atoms with Crippen LogP contribution in [0.15, 0.2) is 24.4 Å². The van der Waals surface area contributed by atoms with Gasteiger partial charge >= 0.3 is 0 Å². The number of aromatic nitrogens is 1. The molecule has 1 aromatic carbocycles. The summed E-state index contributed by atoms with van der Waals surface area (Å²) in [5.41, 5.74) is 1.14. The summed E-state index contributed by atoms with van der Waals surface area (Å²) < 4.78 is 0.498. The van der Waals surface area contributed by atoms with Gasteiger partial charge in [-0.05, 0) is 39.0 Å². The van der Waals surface area contributed by atoms with E-state index in [1.807, 2.05) is 20.8 Å². The molecule has 23 heavy (non-hydrogen) atoms. The molecule has 2 aromatic rings. The molecular weight excluding hydrogens is 334 g/mol. The van der Waals surface area contributed by atoms with E-state index in [1.54, 1.807) is 24.4 Å². The lowest BCUT2D eigenvalue weighted by Gasteiger charge is -2.29. The van der Waals surface area contributed by atoms with Crippen LogP contribution in [0.3, 0.4) is 0 Å². The molecule has 0 saturated carbocycles. The van der Waals surface area contributed by atoms with E-state index in [2.05, 4.69) is 10.3 Å². The molecule has 0 aliphatic carbocycles. The Hall–Kier alpha value is -1.92. The number of hydrogen-bond donors (Lipinski definition) is 1. The van der Waals surface area contributed by atoms with E-state index in [9.17, 15) is 9.59 Å². The Labute approximate surface area is 143 Å². The molecule has 0 fully saturated rings. The molecule has 7 heteroatoms. The molecule has 0 bridgehead atoms. The van der Waals surface area contributed by atoms with Crippen molar-refractivity contribution >= 4 is 40.4 Å². The van der Waals surface area contributed by atoms with E-state index in [0.29, 0.717) is 22.1 Å². The summed E-state index contributed by atoms with van der Waals surface area (Å²) in [5, 5.41) is 3.22. The Morgan fingerprint density at radius 1 is 1.22 bits per heavy atom. The van der Waals surface area contributed by atoms with Crippen molar-refractivity contribution < 1.29 is 9.59 Å². The highest BCUT2D eigenvalue weighted by molar-refractivity contribution is 7.15. The third-order valence-corrected chi connectivity index (χ3v) is 4.66. The molecule has 2 heterocycles. The summed E-state index contributed by atoms with van der Waals surface area (Å²) >= 11 is 7.20. The highest BCUT2D eigenvalue weighted by Crippen LogP contribution is 2.31. The number of rotatable bonds is 3. The SMILES string of the molecule is CC(C)(C)N1C(=O)c2ccc(NCc3cnc(Cl)s3)cc2C1=O. The molecule has 0 radical (unpaired) electrons. The third kappa shape index (κ3) is 2.96. The zero-order valence-electron chi connectivity index (χ0n) is 13.0. The maximum atomic E-state index is 12.5. The molecule has 1 aliphatic rings. The quantitative estimate of drug-likeness (QED) is 0.856. The predicted octanol–water partition coefficient (Wildman–Crippen LogP) is 3.80. The third-order valence-electron chi connectivity index (χ3n) is 3.55. The standard InChI is InChI=1S/C16H16ClN3O2S/c1-16(2,3)20-13(21)11-5-4-9(6-12(11)14(20)22)18-7-10-8-19-15(17)23-10/h4-6,8,18H,7H2,1-3H3. The minimum Gasteiger partial charge on any atom is -0.380 e. The van der Waals surface area contributed by atoms with Crippen molar-refractivity contribution in [2.45, 2.75) is 32.9 Å². The van der Waals surface area contributed by atoms with Crippen LogP contribution in [0.2, 0.25) is 4.47 Å². The van der Waals surface area contributed by atoms with Crippen molar-refractivity contribution in [3.63, 3.8) is 0 Å². The Kier molecular flexibility index (Phi) is 3.90. The molecule has 0 spiro atoms. The number of fused-ring (bicyclic) bond motifs is 1. The lowest BCUT2D eigenvalue weighted by Crippen LogP contribution is -2.45.